The monoisotopic (exact) mass is 220 g/mol. The molecule has 0 aliphatic heterocycles. The van der Waals surface area contributed by atoms with Gasteiger partial charge in [-0.15, -0.1) is 0 Å². The second-order valence-corrected chi connectivity index (χ2v) is 4.33. The van der Waals surface area contributed by atoms with E-state index in [-0.39, 0.29) is 5.41 Å². The standard InChI is InChI=1S/C8H10BrFO/c1-8(2,3)7-5(9)4-6(10)11-7/h4H,1-3H3. The van der Waals surface area contributed by atoms with Crippen LogP contribution in [0, 0.1) is 6.01 Å². The maximum absolute atomic E-state index is 12.5. The van der Waals surface area contributed by atoms with Gasteiger partial charge in [-0.2, -0.15) is 4.39 Å². The second kappa shape index (κ2) is 2.63. The fourth-order valence-electron chi connectivity index (χ4n) is 0.852. The van der Waals surface area contributed by atoms with E-state index in [1.165, 1.54) is 6.07 Å². The first-order valence-electron chi connectivity index (χ1n) is 3.36. The summed E-state index contributed by atoms with van der Waals surface area (Å²) >= 11 is 3.22. The topological polar surface area (TPSA) is 13.1 Å². The van der Waals surface area contributed by atoms with Gasteiger partial charge in [0.25, 0.3) is 6.01 Å². The summed E-state index contributed by atoms with van der Waals surface area (Å²) in [5.74, 6) is 0.648. The van der Waals surface area contributed by atoms with Crippen LogP contribution >= 0.6 is 15.9 Å². The van der Waals surface area contributed by atoms with Crippen LogP contribution < -0.4 is 0 Å². The zero-order chi connectivity index (χ0) is 8.65. The van der Waals surface area contributed by atoms with Crippen LogP contribution in [0.5, 0.6) is 0 Å². The fraction of sp³-hybridized carbons (Fsp3) is 0.500. The molecule has 1 aromatic heterocycles. The first-order chi connectivity index (χ1) is 4.91. The summed E-state index contributed by atoms with van der Waals surface area (Å²) in [5.41, 5.74) is -0.150. The molecule has 0 saturated carbocycles. The summed E-state index contributed by atoms with van der Waals surface area (Å²) in [5, 5.41) is 0. The number of furan rings is 1. The predicted molar refractivity (Wildman–Crippen MR) is 45.1 cm³/mol. The van der Waals surface area contributed by atoms with Crippen LogP contribution in [0.3, 0.4) is 0 Å². The molecule has 0 spiro atoms. The molecule has 1 aromatic rings. The van der Waals surface area contributed by atoms with E-state index in [1.54, 1.807) is 0 Å². The van der Waals surface area contributed by atoms with Crippen LogP contribution in [0.1, 0.15) is 26.5 Å². The molecule has 0 radical (unpaired) electrons. The molecule has 0 N–H and O–H groups in total. The zero-order valence-electron chi connectivity index (χ0n) is 6.74. The highest BCUT2D eigenvalue weighted by Crippen LogP contribution is 2.31. The van der Waals surface area contributed by atoms with Gasteiger partial charge in [-0.25, -0.2) is 0 Å². The molecule has 0 bridgehead atoms. The van der Waals surface area contributed by atoms with Crippen LogP contribution in [0.25, 0.3) is 0 Å². The molecule has 0 saturated heterocycles. The molecule has 62 valence electrons. The van der Waals surface area contributed by atoms with Crippen molar-refractivity contribution in [3.05, 3.63) is 22.3 Å². The summed E-state index contributed by atoms with van der Waals surface area (Å²) in [6, 6.07) is 0.794. The van der Waals surface area contributed by atoms with E-state index in [2.05, 4.69) is 15.9 Å². The Labute approximate surface area is 73.7 Å². The van der Waals surface area contributed by atoms with Gasteiger partial charge in [-0.1, -0.05) is 20.8 Å². The van der Waals surface area contributed by atoms with Gasteiger partial charge in [0.1, 0.15) is 5.76 Å². The van der Waals surface area contributed by atoms with Crippen molar-refractivity contribution in [2.45, 2.75) is 26.2 Å². The summed E-state index contributed by atoms with van der Waals surface area (Å²) < 4.78 is 18.1. The number of hydrogen-bond acceptors (Lipinski definition) is 1. The molecule has 11 heavy (non-hydrogen) atoms. The molecular formula is C8H10BrFO. The van der Waals surface area contributed by atoms with E-state index in [1.807, 2.05) is 20.8 Å². The van der Waals surface area contributed by atoms with Crippen LogP contribution in [0.4, 0.5) is 4.39 Å². The van der Waals surface area contributed by atoms with Gasteiger partial charge in [0, 0.05) is 11.5 Å². The van der Waals surface area contributed by atoms with Gasteiger partial charge >= 0.3 is 0 Å². The first-order valence-corrected chi connectivity index (χ1v) is 4.16. The lowest BCUT2D eigenvalue weighted by molar-refractivity contribution is 0.302. The molecule has 0 aliphatic rings. The van der Waals surface area contributed by atoms with Gasteiger partial charge in [-0.05, 0) is 15.9 Å². The smallest absolute Gasteiger partial charge is 0.279 e. The SMILES string of the molecule is CC(C)(C)c1oc(F)cc1Br. The lowest BCUT2D eigenvalue weighted by atomic mass is 9.94. The molecule has 1 rings (SSSR count). The van der Waals surface area contributed by atoms with Crippen molar-refractivity contribution >= 4 is 15.9 Å². The van der Waals surface area contributed by atoms with Crippen LogP contribution in [0.2, 0.25) is 0 Å². The molecule has 0 fully saturated rings. The van der Waals surface area contributed by atoms with E-state index in [4.69, 9.17) is 4.42 Å². The highest BCUT2D eigenvalue weighted by Gasteiger charge is 2.22. The summed E-state index contributed by atoms with van der Waals surface area (Å²) in [6.07, 6.45) is 0. The largest absolute Gasteiger partial charge is 0.434 e. The lowest BCUT2D eigenvalue weighted by Gasteiger charge is -2.14. The second-order valence-electron chi connectivity index (χ2n) is 3.48. The van der Waals surface area contributed by atoms with Crippen LogP contribution in [0.15, 0.2) is 15.0 Å². The van der Waals surface area contributed by atoms with Crippen LogP contribution in [-0.4, -0.2) is 0 Å². The summed E-state index contributed by atoms with van der Waals surface area (Å²) in [6.45, 7) is 5.90. The van der Waals surface area contributed by atoms with E-state index in [0.29, 0.717) is 10.2 Å². The van der Waals surface area contributed by atoms with Gasteiger partial charge in [0.05, 0.1) is 4.47 Å². The fourth-order valence-corrected chi connectivity index (χ4v) is 1.71. The van der Waals surface area contributed by atoms with Gasteiger partial charge < -0.3 is 4.42 Å². The van der Waals surface area contributed by atoms with Crippen LogP contribution in [-0.2, 0) is 5.41 Å². The molecule has 1 nitrogen and oxygen atoms in total. The average molecular weight is 221 g/mol. The third kappa shape index (κ3) is 1.83. The Morgan fingerprint density at radius 1 is 1.45 bits per heavy atom. The third-order valence-corrected chi connectivity index (χ3v) is 1.93. The summed E-state index contributed by atoms with van der Waals surface area (Å²) in [4.78, 5) is 0. The van der Waals surface area contributed by atoms with E-state index < -0.39 is 6.01 Å². The van der Waals surface area contributed by atoms with Gasteiger partial charge in [-0.3, -0.25) is 0 Å². The molecular weight excluding hydrogens is 211 g/mol. The molecule has 0 aliphatic carbocycles. The van der Waals surface area contributed by atoms with Crippen molar-refractivity contribution in [2.24, 2.45) is 0 Å². The van der Waals surface area contributed by atoms with Crippen molar-refractivity contribution in [1.29, 1.82) is 0 Å². The van der Waals surface area contributed by atoms with Crippen molar-refractivity contribution in [3.63, 3.8) is 0 Å². The molecule has 3 heteroatoms. The Hall–Kier alpha value is -0.310. The van der Waals surface area contributed by atoms with Gasteiger partial charge in [0.2, 0.25) is 0 Å². The molecule has 0 unspecified atom stereocenters. The Bertz CT molecular complexity index is 260. The highest BCUT2D eigenvalue weighted by molar-refractivity contribution is 9.10. The van der Waals surface area contributed by atoms with Crippen molar-refractivity contribution in [2.75, 3.05) is 0 Å². The third-order valence-electron chi connectivity index (χ3n) is 1.34. The zero-order valence-corrected chi connectivity index (χ0v) is 8.33. The molecule has 0 aromatic carbocycles. The Morgan fingerprint density at radius 3 is 2.18 bits per heavy atom. The number of halogens is 2. The quantitative estimate of drug-likeness (QED) is 0.653. The average Bonchev–Trinajstić information content (AvgIpc) is 2.08. The van der Waals surface area contributed by atoms with Crippen molar-refractivity contribution in [3.8, 4) is 0 Å². The highest BCUT2D eigenvalue weighted by atomic mass is 79.9. The Kier molecular flexibility index (Phi) is 2.10. The minimum atomic E-state index is -0.540. The Balaban J connectivity index is 3.13. The maximum atomic E-state index is 12.5. The minimum absolute atomic E-state index is 0.150. The number of hydrogen-bond donors (Lipinski definition) is 0. The molecule has 1 heterocycles. The normalized spacial score (nSPS) is 12.1. The number of rotatable bonds is 0. The van der Waals surface area contributed by atoms with Crippen molar-refractivity contribution in [1.82, 2.24) is 0 Å². The van der Waals surface area contributed by atoms with E-state index >= 15 is 0 Å². The Morgan fingerprint density at radius 2 is 2.00 bits per heavy atom. The van der Waals surface area contributed by atoms with E-state index in [9.17, 15) is 4.39 Å². The maximum Gasteiger partial charge on any atom is 0.279 e. The summed E-state index contributed by atoms with van der Waals surface area (Å²) in [7, 11) is 0. The lowest BCUT2D eigenvalue weighted by Crippen LogP contribution is -2.10. The van der Waals surface area contributed by atoms with Crippen molar-refractivity contribution < 1.29 is 8.81 Å². The van der Waals surface area contributed by atoms with Gasteiger partial charge in [0.15, 0.2) is 0 Å². The van der Waals surface area contributed by atoms with E-state index in [0.717, 1.165) is 0 Å². The predicted octanol–water partition coefficient (Wildman–Crippen LogP) is 3.48. The first kappa shape index (κ1) is 8.78. The molecule has 0 atom stereocenters. The minimum Gasteiger partial charge on any atom is -0.434 e. The molecule has 0 amide bonds.